The number of hydrogen-bond donors (Lipinski definition) is 0. The van der Waals surface area contributed by atoms with Crippen LogP contribution in [0.4, 0.5) is 0 Å². The van der Waals surface area contributed by atoms with Gasteiger partial charge in [0, 0.05) is 11.1 Å². The molecule has 0 aromatic heterocycles. The van der Waals surface area contributed by atoms with Crippen LogP contribution in [0, 0.1) is 5.92 Å². The molecule has 0 saturated carbocycles. The van der Waals surface area contributed by atoms with Crippen LogP contribution < -0.4 is 0 Å². The van der Waals surface area contributed by atoms with Crippen molar-refractivity contribution in [3.63, 3.8) is 0 Å². The fourth-order valence-corrected chi connectivity index (χ4v) is 2.63. The Kier molecular flexibility index (Phi) is 6.32. The van der Waals surface area contributed by atoms with Crippen LogP contribution in [0.15, 0.2) is 70.6 Å². The van der Waals surface area contributed by atoms with Crippen LogP contribution in [0.2, 0.25) is 0 Å². The number of cyclic esters (lactones) is 2. The SMILES string of the molecule is CC1CC(=O)OC(c2ccccc2)=N1.CC1CN=C(c2ccccc2)OC1=O. The van der Waals surface area contributed by atoms with Gasteiger partial charge in [0.1, 0.15) is 0 Å². The Morgan fingerprint density at radius 1 is 0.821 bits per heavy atom. The normalized spacial score (nSPS) is 21.4. The average molecular weight is 378 g/mol. The summed E-state index contributed by atoms with van der Waals surface area (Å²) in [5.41, 5.74) is 1.71. The zero-order valence-electron chi connectivity index (χ0n) is 15.9. The molecule has 6 nitrogen and oxygen atoms in total. The van der Waals surface area contributed by atoms with Crippen LogP contribution in [0.25, 0.3) is 0 Å². The molecule has 2 aromatic rings. The fourth-order valence-electron chi connectivity index (χ4n) is 2.63. The van der Waals surface area contributed by atoms with Crippen molar-refractivity contribution in [2.24, 2.45) is 15.9 Å². The van der Waals surface area contributed by atoms with Gasteiger partial charge in [-0.1, -0.05) is 43.3 Å². The van der Waals surface area contributed by atoms with Crippen LogP contribution in [0.3, 0.4) is 0 Å². The molecule has 0 fully saturated rings. The molecule has 0 amide bonds. The zero-order valence-corrected chi connectivity index (χ0v) is 15.9. The maximum absolute atomic E-state index is 11.3. The molecule has 6 heteroatoms. The van der Waals surface area contributed by atoms with E-state index in [2.05, 4.69) is 9.98 Å². The Hall–Kier alpha value is -3.28. The van der Waals surface area contributed by atoms with Gasteiger partial charge in [-0.2, -0.15) is 0 Å². The number of nitrogens with zero attached hydrogens (tertiary/aromatic N) is 2. The Balaban J connectivity index is 0.000000161. The van der Waals surface area contributed by atoms with E-state index in [1.807, 2.05) is 74.5 Å². The summed E-state index contributed by atoms with van der Waals surface area (Å²) in [5, 5.41) is 0. The number of hydrogen-bond acceptors (Lipinski definition) is 6. The van der Waals surface area contributed by atoms with Crippen LogP contribution in [-0.4, -0.2) is 36.3 Å². The quantitative estimate of drug-likeness (QED) is 0.751. The van der Waals surface area contributed by atoms with E-state index in [4.69, 9.17) is 9.47 Å². The molecule has 28 heavy (non-hydrogen) atoms. The van der Waals surface area contributed by atoms with E-state index in [1.165, 1.54) is 0 Å². The third-order valence-electron chi connectivity index (χ3n) is 4.16. The highest BCUT2D eigenvalue weighted by atomic mass is 16.5. The van der Waals surface area contributed by atoms with Gasteiger partial charge in [0.05, 0.1) is 24.9 Å². The van der Waals surface area contributed by atoms with Gasteiger partial charge in [-0.05, 0) is 31.2 Å². The average Bonchev–Trinajstić information content (AvgIpc) is 2.71. The Labute approximate surface area is 163 Å². The maximum Gasteiger partial charge on any atom is 0.317 e. The molecule has 0 bridgehead atoms. The first kappa shape index (κ1) is 19.5. The second-order valence-electron chi connectivity index (χ2n) is 6.66. The lowest BCUT2D eigenvalue weighted by atomic mass is 10.1. The van der Waals surface area contributed by atoms with Crippen molar-refractivity contribution in [2.45, 2.75) is 26.3 Å². The third kappa shape index (κ3) is 5.13. The molecule has 2 heterocycles. The molecule has 2 aliphatic rings. The molecule has 2 aliphatic heterocycles. The molecule has 0 radical (unpaired) electrons. The van der Waals surface area contributed by atoms with Crippen molar-refractivity contribution < 1.29 is 19.1 Å². The second kappa shape index (κ2) is 9.08. The molecule has 0 N–H and O–H groups in total. The van der Waals surface area contributed by atoms with Crippen molar-refractivity contribution in [2.75, 3.05) is 6.54 Å². The molecule has 144 valence electrons. The van der Waals surface area contributed by atoms with Gasteiger partial charge in [-0.25, -0.2) is 9.98 Å². The Bertz CT molecular complexity index is 891. The number of benzene rings is 2. The molecule has 2 atom stereocenters. The summed E-state index contributed by atoms with van der Waals surface area (Å²) in [5.74, 6) is 0.357. The highest BCUT2D eigenvalue weighted by molar-refractivity contribution is 6.02. The highest BCUT2D eigenvalue weighted by Crippen LogP contribution is 2.13. The molecular formula is C22H22N2O4. The molecule has 2 aromatic carbocycles. The Morgan fingerprint density at radius 3 is 1.93 bits per heavy atom. The summed E-state index contributed by atoms with van der Waals surface area (Å²) in [7, 11) is 0. The minimum Gasteiger partial charge on any atom is -0.407 e. The number of carbonyl (C=O) groups excluding carboxylic acids is 2. The fraction of sp³-hybridized carbons (Fsp3) is 0.273. The summed E-state index contributed by atoms with van der Waals surface area (Å²) in [6.07, 6.45) is 0.371. The van der Waals surface area contributed by atoms with E-state index in [-0.39, 0.29) is 23.9 Å². The van der Waals surface area contributed by atoms with Crippen molar-refractivity contribution in [3.05, 3.63) is 71.8 Å². The lowest BCUT2D eigenvalue weighted by molar-refractivity contribution is -0.140. The monoisotopic (exact) mass is 378 g/mol. The van der Waals surface area contributed by atoms with Gasteiger partial charge < -0.3 is 9.47 Å². The number of aliphatic imine (C=N–C) groups is 2. The summed E-state index contributed by atoms with van der Waals surface area (Å²) in [4.78, 5) is 30.9. The van der Waals surface area contributed by atoms with E-state index in [0.29, 0.717) is 24.8 Å². The molecule has 0 saturated heterocycles. The van der Waals surface area contributed by atoms with Crippen LogP contribution >= 0.6 is 0 Å². The first-order valence-electron chi connectivity index (χ1n) is 9.18. The van der Waals surface area contributed by atoms with Crippen LogP contribution in [0.5, 0.6) is 0 Å². The van der Waals surface area contributed by atoms with E-state index in [1.54, 1.807) is 0 Å². The standard InChI is InChI=1S/2C11H11NO2/c1-8-7-12-10(14-11(8)13)9-5-3-2-4-6-9;1-8-7-10(13)14-11(12-8)9-5-3-2-4-6-9/h2*2-6,8H,7H2,1H3. The highest BCUT2D eigenvalue weighted by Gasteiger charge is 2.22. The van der Waals surface area contributed by atoms with Crippen molar-refractivity contribution >= 4 is 23.7 Å². The summed E-state index contributed by atoms with van der Waals surface area (Å²) in [6.45, 7) is 4.24. The maximum atomic E-state index is 11.3. The number of ether oxygens (including phenoxy) is 2. The van der Waals surface area contributed by atoms with Crippen molar-refractivity contribution in [3.8, 4) is 0 Å². The lowest BCUT2D eigenvalue weighted by Crippen LogP contribution is -2.27. The van der Waals surface area contributed by atoms with Crippen LogP contribution in [-0.2, 0) is 19.1 Å². The summed E-state index contributed by atoms with van der Waals surface area (Å²) < 4.78 is 10.1. The molecule has 2 unspecified atom stereocenters. The minimum absolute atomic E-state index is 0.0199. The second-order valence-corrected chi connectivity index (χ2v) is 6.66. The van der Waals surface area contributed by atoms with E-state index >= 15 is 0 Å². The van der Waals surface area contributed by atoms with Crippen LogP contribution in [0.1, 0.15) is 31.4 Å². The number of esters is 2. The summed E-state index contributed by atoms with van der Waals surface area (Å²) in [6, 6.07) is 18.9. The van der Waals surface area contributed by atoms with Gasteiger partial charge in [0.2, 0.25) is 11.8 Å². The van der Waals surface area contributed by atoms with Gasteiger partial charge in [-0.15, -0.1) is 0 Å². The van der Waals surface area contributed by atoms with E-state index in [0.717, 1.165) is 11.1 Å². The predicted octanol–water partition coefficient (Wildman–Crippen LogP) is 3.39. The van der Waals surface area contributed by atoms with Gasteiger partial charge in [0.25, 0.3) is 0 Å². The number of carbonyl (C=O) groups is 2. The predicted molar refractivity (Wildman–Crippen MR) is 106 cm³/mol. The van der Waals surface area contributed by atoms with Crippen molar-refractivity contribution in [1.29, 1.82) is 0 Å². The molecule has 0 spiro atoms. The van der Waals surface area contributed by atoms with E-state index in [9.17, 15) is 9.59 Å². The Morgan fingerprint density at radius 2 is 1.39 bits per heavy atom. The summed E-state index contributed by atoms with van der Waals surface area (Å²) >= 11 is 0. The van der Waals surface area contributed by atoms with Crippen molar-refractivity contribution in [1.82, 2.24) is 0 Å². The van der Waals surface area contributed by atoms with Gasteiger partial charge >= 0.3 is 11.9 Å². The molecule has 0 aliphatic carbocycles. The number of rotatable bonds is 2. The largest absolute Gasteiger partial charge is 0.407 e. The third-order valence-corrected chi connectivity index (χ3v) is 4.16. The smallest absolute Gasteiger partial charge is 0.317 e. The minimum atomic E-state index is -0.202. The molecule has 4 rings (SSSR count). The first-order chi connectivity index (χ1) is 13.5. The zero-order chi connectivity index (χ0) is 19.9. The van der Waals surface area contributed by atoms with Gasteiger partial charge in [0.15, 0.2) is 0 Å². The first-order valence-corrected chi connectivity index (χ1v) is 9.18. The topological polar surface area (TPSA) is 77.3 Å². The molecular weight excluding hydrogens is 356 g/mol. The lowest BCUT2D eigenvalue weighted by Gasteiger charge is -2.16. The van der Waals surface area contributed by atoms with Gasteiger partial charge in [-0.3, -0.25) is 9.59 Å². The van der Waals surface area contributed by atoms with E-state index < -0.39 is 0 Å².